The van der Waals surface area contributed by atoms with Crippen LogP contribution in [-0.2, 0) is 16.2 Å². The topological polar surface area (TPSA) is 29.5 Å². The molecule has 0 saturated carbocycles. The van der Waals surface area contributed by atoms with E-state index in [2.05, 4.69) is 65.8 Å². The summed E-state index contributed by atoms with van der Waals surface area (Å²) in [6.07, 6.45) is 0. The summed E-state index contributed by atoms with van der Waals surface area (Å²) < 4.78 is 230. The number of para-hydroxylation sites is 5. The molecule has 0 aliphatic carbocycles. The maximum Gasteiger partial charge on any atom is 0.252 e. The van der Waals surface area contributed by atoms with Gasteiger partial charge in [0.05, 0.1) is 63.6 Å². The molecule has 0 amide bonds. The molecule has 0 atom stereocenters. The normalized spacial score (nSPS) is 16.1. The van der Waals surface area contributed by atoms with Crippen molar-refractivity contribution in [3.63, 3.8) is 0 Å². The summed E-state index contributed by atoms with van der Waals surface area (Å²) in [5.74, 6) is 0. The Bertz CT molecular complexity index is 7440. The van der Waals surface area contributed by atoms with Crippen LogP contribution in [0.25, 0.3) is 121 Å². The van der Waals surface area contributed by atoms with Crippen LogP contribution < -0.4 is 26.2 Å². The molecule has 6 heteroatoms. The average molecular weight is 1340 g/mol. The Kier molecular flexibility index (Phi) is 9.47. The number of rotatable bonds is 8. The lowest BCUT2D eigenvalue weighted by atomic mass is 9.33. The molecular formula is C96H77BN4O. The molecule has 2 aliphatic rings. The molecule has 0 fully saturated rings. The molecule has 5 nitrogen and oxygen atoms in total. The van der Waals surface area contributed by atoms with Crippen molar-refractivity contribution >= 4 is 123 Å². The van der Waals surface area contributed by atoms with Crippen molar-refractivity contribution in [2.45, 2.75) is 78.6 Å². The summed E-state index contributed by atoms with van der Waals surface area (Å²) in [5.41, 5.74) is 4.33. The zero-order valence-corrected chi connectivity index (χ0v) is 57.4. The maximum atomic E-state index is 11.9. The molecule has 14 aromatic carbocycles. The van der Waals surface area contributed by atoms with Crippen molar-refractivity contribution in [3.05, 3.63) is 319 Å². The highest BCUT2D eigenvalue weighted by Crippen LogP contribution is 2.56. The van der Waals surface area contributed by atoms with Crippen molar-refractivity contribution in [2.24, 2.45) is 0 Å². The fourth-order valence-corrected chi connectivity index (χ4v) is 15.3. The summed E-state index contributed by atoms with van der Waals surface area (Å²) >= 11 is 0. The molecule has 5 heterocycles. The zero-order chi connectivity index (χ0) is 88.2. The first-order chi connectivity index (χ1) is 58.7. The molecule has 102 heavy (non-hydrogen) atoms. The largest absolute Gasteiger partial charge is 0.456 e. The quantitative estimate of drug-likeness (QED) is 0.142. The lowest BCUT2D eigenvalue weighted by Crippen LogP contribution is -2.61. The van der Waals surface area contributed by atoms with Crippen molar-refractivity contribution in [1.29, 1.82) is 0 Å². The van der Waals surface area contributed by atoms with Gasteiger partial charge >= 0.3 is 0 Å². The third-order valence-corrected chi connectivity index (χ3v) is 20.3. The van der Waals surface area contributed by atoms with Crippen LogP contribution in [0, 0.1) is 0 Å². The van der Waals surface area contributed by atoms with E-state index in [-0.39, 0.29) is 49.5 Å². The molecule has 2 aliphatic heterocycles. The number of hydrogen-bond acceptors (Lipinski definition) is 3. The summed E-state index contributed by atoms with van der Waals surface area (Å²) in [6.45, 7) is 17.0. The van der Waals surface area contributed by atoms with Gasteiger partial charge in [0.25, 0.3) is 6.71 Å². The number of furan rings is 1. The monoisotopic (exact) mass is 1330 g/mol. The van der Waals surface area contributed by atoms with Crippen LogP contribution in [0.15, 0.2) is 307 Å². The van der Waals surface area contributed by atoms with Gasteiger partial charge in [-0.2, -0.15) is 0 Å². The smallest absolute Gasteiger partial charge is 0.252 e. The van der Waals surface area contributed by atoms with Crippen LogP contribution in [0.3, 0.4) is 0 Å². The van der Waals surface area contributed by atoms with Gasteiger partial charge in [0.1, 0.15) is 11.2 Å². The first-order valence-corrected chi connectivity index (χ1v) is 34.2. The van der Waals surface area contributed by atoms with Gasteiger partial charge in [-0.1, -0.05) is 268 Å². The molecule has 17 aromatic rings. The van der Waals surface area contributed by atoms with E-state index in [0.717, 1.165) is 25.6 Å². The molecule has 3 aromatic heterocycles. The molecular weight excluding hydrogens is 1240 g/mol. The van der Waals surface area contributed by atoms with Gasteiger partial charge in [-0.15, -0.1) is 0 Å². The third kappa shape index (κ3) is 9.52. The summed E-state index contributed by atoms with van der Waals surface area (Å²) in [6, 6.07) is 38.7. The van der Waals surface area contributed by atoms with Crippen LogP contribution in [0.2, 0.25) is 0 Å². The predicted octanol–water partition coefficient (Wildman–Crippen LogP) is 24.4. The van der Waals surface area contributed by atoms with E-state index in [1.165, 1.54) is 0 Å². The van der Waals surface area contributed by atoms with Gasteiger partial charge in [0.15, 0.2) is 0 Å². The van der Waals surface area contributed by atoms with Gasteiger partial charge in [-0.25, -0.2) is 0 Å². The van der Waals surface area contributed by atoms with E-state index in [1.54, 1.807) is 0 Å². The van der Waals surface area contributed by atoms with Crippen molar-refractivity contribution in [2.75, 3.05) is 9.80 Å². The van der Waals surface area contributed by atoms with Crippen LogP contribution in [0.5, 0.6) is 0 Å². The van der Waals surface area contributed by atoms with Crippen molar-refractivity contribution in [1.82, 2.24) is 9.13 Å². The van der Waals surface area contributed by atoms with Gasteiger partial charge in [0, 0.05) is 88.7 Å². The van der Waals surface area contributed by atoms with Gasteiger partial charge in [-0.3, -0.25) is 0 Å². The molecule has 19 rings (SSSR count). The lowest BCUT2D eigenvalue weighted by Gasteiger charge is -2.47. The second-order valence-electron chi connectivity index (χ2n) is 29.5. The molecule has 0 unspecified atom stereocenters. The zero-order valence-electron chi connectivity index (χ0n) is 79.4. The fourth-order valence-electron chi connectivity index (χ4n) is 15.3. The van der Waals surface area contributed by atoms with E-state index in [0.29, 0.717) is 89.1 Å². The van der Waals surface area contributed by atoms with Crippen LogP contribution in [0.1, 0.15) is 109 Å². The highest BCUT2D eigenvalue weighted by molar-refractivity contribution is 7.00. The highest BCUT2D eigenvalue weighted by atomic mass is 16.3. The molecule has 0 bridgehead atoms. The Morgan fingerprint density at radius 3 is 1.11 bits per heavy atom. The standard InChI is InChI=1S/C96H77BN4O/c1-94(2,3)63-52-74(60-30-13-10-14-31-60)92(75(53-63)61-32-15-11-16-33-61)100-84-58-66(98-80-42-24-19-36-68(80)69-37-20-25-43-81(69)98)48-50-78(84)97-79-51-49-67(99-82-44-26-21-38-70(82)71-39-22-27-45-83(71)99)59-85(79)101(87-57-65(96(7,8)9)56-86(100)91(87)97)93-76(62-34-17-12-18-35-62)54-64(95(4,5)6)55-77(93)72-41-29-47-89-90(72)73-40-23-28-46-88(73)102-89/h10-59H,1-9H3/i19D,20D,21D,22D,24D,25D,26D,27D,36D,37D,38D,39D,42D,43D,44D,45D,48D,49D,50D,51D,58D,59D. The Morgan fingerprint density at radius 1 is 0.324 bits per heavy atom. The maximum absolute atomic E-state index is 11.9. The number of benzene rings is 14. The summed E-state index contributed by atoms with van der Waals surface area (Å²) in [5, 5.41) is 0.0161. The van der Waals surface area contributed by atoms with Crippen LogP contribution in [-0.4, -0.2) is 15.8 Å². The first kappa shape index (κ1) is 42.3. The molecule has 0 saturated heterocycles. The molecule has 0 spiro atoms. The average Bonchev–Trinajstić information content (AvgIpc) is 0.685. The Morgan fingerprint density at radius 2 is 0.686 bits per heavy atom. The minimum absolute atomic E-state index is 0.166. The summed E-state index contributed by atoms with van der Waals surface area (Å²) in [4.78, 5) is 3.79. The molecule has 490 valence electrons. The van der Waals surface area contributed by atoms with E-state index < -0.39 is 189 Å². The van der Waals surface area contributed by atoms with E-state index in [1.807, 2.05) is 176 Å². The van der Waals surface area contributed by atoms with Crippen LogP contribution in [0.4, 0.5) is 34.1 Å². The van der Waals surface area contributed by atoms with E-state index in [9.17, 15) is 24.7 Å². The second-order valence-corrected chi connectivity index (χ2v) is 29.5. The lowest BCUT2D eigenvalue weighted by molar-refractivity contribution is 0.590. The fraction of sp³-hybridized carbons (Fsp3) is 0.125. The Hall–Kier alpha value is -11.9. The van der Waals surface area contributed by atoms with Crippen molar-refractivity contribution < 1.29 is 34.6 Å². The minimum atomic E-state index is -1.67. The van der Waals surface area contributed by atoms with Crippen LogP contribution >= 0.6 is 0 Å². The Balaban J connectivity index is 1.11. The Labute approximate surface area is 627 Å². The van der Waals surface area contributed by atoms with Gasteiger partial charge < -0.3 is 23.4 Å². The third-order valence-electron chi connectivity index (χ3n) is 20.3. The van der Waals surface area contributed by atoms with E-state index in [4.69, 9.17) is 9.90 Å². The number of fused-ring (bicyclic) bond motifs is 13. The van der Waals surface area contributed by atoms with E-state index >= 15 is 0 Å². The highest BCUT2D eigenvalue weighted by Gasteiger charge is 2.47. The number of aromatic nitrogens is 2. The number of hydrogen-bond donors (Lipinski definition) is 0. The first-order valence-electron chi connectivity index (χ1n) is 45.2. The summed E-state index contributed by atoms with van der Waals surface area (Å²) in [7, 11) is 0. The molecule has 0 N–H and O–H groups in total. The number of nitrogens with zero attached hydrogens (tertiary/aromatic N) is 4. The van der Waals surface area contributed by atoms with Crippen molar-refractivity contribution in [3.8, 4) is 55.9 Å². The van der Waals surface area contributed by atoms with Gasteiger partial charge in [0.2, 0.25) is 0 Å². The number of anilines is 6. The second kappa shape index (κ2) is 22.8. The predicted molar refractivity (Wildman–Crippen MR) is 434 cm³/mol. The minimum Gasteiger partial charge on any atom is -0.456 e. The SMILES string of the molecule is [2H]c1c([2H])c(-n2c3c([2H])c([2H])c([2H])c([2H])c3c3c([2H])c([2H])c([2H])c([2H])c32)c([2H])c2c1B1c3c(cc(C(C)(C)C)cc3N(c3c(-c4ccccc4)cc(C(C)(C)C)cc3-c3cccc4oc5ccccc5c34)c3c([2H])c(-n4c5c([2H])c([2H])c([2H])c([2H])c5c5c([2H])c([2H])c([2H])c([2H])c54)c([2H])c([2H])c31)N2c1c(-c2ccccc2)cc(C(C)(C)C)cc1-c1ccccc1. The van der Waals surface area contributed by atoms with Gasteiger partial charge in [-0.05, 0) is 168 Å². The molecule has 0 radical (unpaired) electrons.